The highest BCUT2D eigenvalue weighted by Gasteiger charge is 2.29. The van der Waals surface area contributed by atoms with Gasteiger partial charge >= 0.3 is 13.1 Å². The SMILES string of the molecule is Cc1nnc(SCc2ccc3c(c2C(=O)O)OB(O)CC3)s1. The second kappa shape index (κ2) is 6.27. The number of carbonyl (C=O) groups is 1. The number of thioether (sulfide) groups is 1. The number of carboxylic acid groups (broad SMARTS) is 1. The van der Waals surface area contributed by atoms with Crippen LogP contribution in [0.2, 0.25) is 6.32 Å². The first-order valence-electron chi connectivity index (χ1n) is 6.70. The van der Waals surface area contributed by atoms with Gasteiger partial charge in [-0.15, -0.1) is 10.2 Å². The summed E-state index contributed by atoms with van der Waals surface area (Å²) in [5.41, 5.74) is 1.60. The molecule has 1 aromatic heterocycles. The summed E-state index contributed by atoms with van der Waals surface area (Å²) in [5.74, 6) is -0.295. The number of fused-ring (bicyclic) bond motifs is 1. The fourth-order valence-corrected chi connectivity index (χ4v) is 4.11. The fraction of sp³-hybridized carbons (Fsp3) is 0.308. The van der Waals surface area contributed by atoms with Crippen LogP contribution in [0, 0.1) is 6.92 Å². The summed E-state index contributed by atoms with van der Waals surface area (Å²) in [6, 6.07) is 3.68. The molecule has 0 bridgehead atoms. The number of rotatable bonds is 4. The lowest BCUT2D eigenvalue weighted by molar-refractivity contribution is 0.0693. The first-order chi connectivity index (χ1) is 10.5. The van der Waals surface area contributed by atoms with Crippen LogP contribution in [0.25, 0.3) is 0 Å². The van der Waals surface area contributed by atoms with Gasteiger partial charge in [-0.3, -0.25) is 0 Å². The summed E-state index contributed by atoms with van der Waals surface area (Å²) < 4.78 is 6.16. The van der Waals surface area contributed by atoms with Crippen molar-refractivity contribution in [3.05, 3.63) is 33.8 Å². The highest BCUT2D eigenvalue weighted by atomic mass is 32.2. The average molecular weight is 336 g/mol. The summed E-state index contributed by atoms with van der Waals surface area (Å²) in [7, 11) is -0.945. The highest BCUT2D eigenvalue weighted by Crippen LogP contribution is 2.35. The third-order valence-corrected chi connectivity index (χ3v) is 5.33. The van der Waals surface area contributed by atoms with Crippen LogP contribution in [0.15, 0.2) is 16.5 Å². The van der Waals surface area contributed by atoms with Gasteiger partial charge in [-0.05, 0) is 30.8 Å². The van der Waals surface area contributed by atoms with Crippen LogP contribution < -0.4 is 4.65 Å². The molecule has 0 aliphatic carbocycles. The molecule has 2 N–H and O–H groups in total. The van der Waals surface area contributed by atoms with E-state index in [0.717, 1.165) is 14.9 Å². The molecule has 0 fully saturated rings. The average Bonchev–Trinajstić information content (AvgIpc) is 2.89. The number of hydrogen-bond donors (Lipinski definition) is 2. The van der Waals surface area contributed by atoms with Gasteiger partial charge in [-0.25, -0.2) is 4.79 Å². The van der Waals surface area contributed by atoms with Gasteiger partial charge in [0.2, 0.25) is 0 Å². The molecule has 1 aliphatic heterocycles. The highest BCUT2D eigenvalue weighted by molar-refractivity contribution is 8.00. The minimum Gasteiger partial charge on any atom is -0.535 e. The molecule has 2 heterocycles. The molecule has 1 aliphatic rings. The number of aromatic nitrogens is 2. The normalized spacial score (nSPS) is 13.6. The Morgan fingerprint density at radius 2 is 2.32 bits per heavy atom. The lowest BCUT2D eigenvalue weighted by atomic mass is 9.78. The molecule has 1 aromatic carbocycles. The van der Waals surface area contributed by atoms with Gasteiger partial charge in [0.1, 0.15) is 16.3 Å². The van der Waals surface area contributed by atoms with Crippen molar-refractivity contribution in [2.45, 2.75) is 29.8 Å². The van der Waals surface area contributed by atoms with Crippen LogP contribution in [0.3, 0.4) is 0 Å². The summed E-state index contributed by atoms with van der Waals surface area (Å²) in [6.07, 6.45) is 1.09. The molecule has 0 unspecified atom stereocenters. The van der Waals surface area contributed by atoms with E-state index in [2.05, 4.69) is 10.2 Å². The Morgan fingerprint density at radius 3 is 3.00 bits per heavy atom. The minimum atomic E-state index is -1.05. The maximum absolute atomic E-state index is 11.6. The van der Waals surface area contributed by atoms with Crippen LogP contribution in [-0.4, -0.2) is 33.4 Å². The zero-order valence-electron chi connectivity index (χ0n) is 11.8. The van der Waals surface area contributed by atoms with Crippen molar-refractivity contribution < 1.29 is 19.6 Å². The van der Waals surface area contributed by atoms with E-state index in [1.54, 1.807) is 0 Å². The van der Waals surface area contributed by atoms with Gasteiger partial charge < -0.3 is 14.8 Å². The number of nitrogens with zero attached hydrogens (tertiary/aromatic N) is 2. The maximum atomic E-state index is 11.6. The van der Waals surface area contributed by atoms with Crippen LogP contribution in [0.5, 0.6) is 5.75 Å². The van der Waals surface area contributed by atoms with Crippen molar-refractivity contribution in [1.82, 2.24) is 10.2 Å². The molecule has 6 nitrogen and oxygen atoms in total. The summed E-state index contributed by atoms with van der Waals surface area (Å²) in [4.78, 5) is 11.6. The monoisotopic (exact) mass is 336 g/mol. The topological polar surface area (TPSA) is 92.5 Å². The van der Waals surface area contributed by atoms with Gasteiger partial charge in [0.25, 0.3) is 0 Å². The van der Waals surface area contributed by atoms with Gasteiger partial charge in [-0.2, -0.15) is 0 Å². The molecule has 0 spiro atoms. The van der Waals surface area contributed by atoms with Crippen molar-refractivity contribution in [1.29, 1.82) is 0 Å². The first-order valence-corrected chi connectivity index (χ1v) is 8.50. The molecule has 9 heteroatoms. The van der Waals surface area contributed by atoms with Gasteiger partial charge in [0, 0.05) is 5.75 Å². The smallest absolute Gasteiger partial charge is 0.522 e. The number of aryl methyl sites for hydroxylation is 2. The number of hydrogen-bond acceptors (Lipinski definition) is 7. The van der Waals surface area contributed by atoms with E-state index in [-0.39, 0.29) is 11.3 Å². The molecule has 0 atom stereocenters. The molecule has 3 rings (SSSR count). The summed E-state index contributed by atoms with van der Waals surface area (Å²) >= 11 is 2.91. The quantitative estimate of drug-likeness (QED) is 0.653. The van der Waals surface area contributed by atoms with E-state index in [1.807, 2.05) is 19.1 Å². The van der Waals surface area contributed by atoms with Crippen LogP contribution >= 0.6 is 23.1 Å². The first kappa shape index (κ1) is 15.3. The predicted molar refractivity (Wildman–Crippen MR) is 84.7 cm³/mol. The van der Waals surface area contributed by atoms with Crippen molar-refractivity contribution in [2.75, 3.05) is 0 Å². The van der Waals surface area contributed by atoms with Crippen molar-refractivity contribution in [3.63, 3.8) is 0 Å². The van der Waals surface area contributed by atoms with Crippen LogP contribution in [0.4, 0.5) is 0 Å². The molecule has 0 saturated heterocycles. The summed E-state index contributed by atoms with van der Waals surface area (Å²) in [5, 5.41) is 28.0. The minimum absolute atomic E-state index is 0.130. The fourth-order valence-electron chi connectivity index (χ4n) is 2.30. The van der Waals surface area contributed by atoms with Crippen LogP contribution in [-0.2, 0) is 12.2 Å². The Kier molecular flexibility index (Phi) is 4.37. The summed E-state index contributed by atoms with van der Waals surface area (Å²) in [6.45, 7) is 1.87. The predicted octanol–water partition coefficient (Wildman–Crippen LogP) is 2.25. The zero-order valence-corrected chi connectivity index (χ0v) is 13.4. The Bertz CT molecular complexity index is 722. The number of carboxylic acids is 1. The Hall–Kier alpha value is -1.58. The van der Waals surface area contributed by atoms with E-state index >= 15 is 0 Å². The molecule has 22 heavy (non-hydrogen) atoms. The van der Waals surface area contributed by atoms with E-state index in [1.165, 1.54) is 23.1 Å². The zero-order chi connectivity index (χ0) is 15.7. The van der Waals surface area contributed by atoms with E-state index in [4.69, 9.17) is 4.65 Å². The lowest BCUT2D eigenvalue weighted by Crippen LogP contribution is -2.28. The third kappa shape index (κ3) is 3.11. The lowest BCUT2D eigenvalue weighted by Gasteiger charge is -2.22. The van der Waals surface area contributed by atoms with E-state index in [9.17, 15) is 14.9 Å². The van der Waals surface area contributed by atoms with Gasteiger partial charge in [-0.1, -0.05) is 35.2 Å². The molecule has 114 valence electrons. The molecule has 2 aromatic rings. The van der Waals surface area contributed by atoms with E-state index in [0.29, 0.717) is 24.1 Å². The third-order valence-electron chi connectivity index (χ3n) is 3.31. The maximum Gasteiger partial charge on any atom is 0.522 e. The number of aromatic carboxylic acids is 1. The largest absolute Gasteiger partial charge is 0.535 e. The van der Waals surface area contributed by atoms with Gasteiger partial charge in [0.05, 0.1) is 0 Å². The Morgan fingerprint density at radius 1 is 1.50 bits per heavy atom. The van der Waals surface area contributed by atoms with Crippen molar-refractivity contribution in [2.24, 2.45) is 0 Å². The van der Waals surface area contributed by atoms with Crippen molar-refractivity contribution in [3.8, 4) is 5.75 Å². The second-order valence-electron chi connectivity index (χ2n) is 4.88. The standard InChI is InChI=1S/C13H13BN2O4S2/c1-7-15-16-13(22-7)21-6-9-3-2-8-4-5-14(19)20-11(8)10(9)12(17)18/h2-3,19H,4-6H2,1H3,(H,17,18). The molecular formula is C13H13BN2O4S2. The molecule has 0 amide bonds. The molecular weight excluding hydrogens is 323 g/mol. The molecule has 0 radical (unpaired) electrons. The van der Waals surface area contributed by atoms with E-state index < -0.39 is 13.1 Å². The van der Waals surface area contributed by atoms with Gasteiger partial charge in [0.15, 0.2) is 4.34 Å². The Balaban J connectivity index is 1.90. The number of benzene rings is 1. The Labute approximate surface area is 135 Å². The van der Waals surface area contributed by atoms with Crippen LogP contribution in [0.1, 0.15) is 26.5 Å². The second-order valence-corrected chi connectivity index (χ2v) is 7.28. The van der Waals surface area contributed by atoms with Crippen molar-refractivity contribution >= 4 is 36.2 Å². The molecule has 0 saturated carbocycles.